The van der Waals surface area contributed by atoms with Crippen LogP contribution in [0.5, 0.6) is 0 Å². The van der Waals surface area contributed by atoms with Crippen LogP contribution in [0.25, 0.3) is 0 Å². The van der Waals surface area contributed by atoms with Crippen molar-refractivity contribution in [2.24, 2.45) is 18.9 Å². The first-order chi connectivity index (χ1) is 11.6. The van der Waals surface area contributed by atoms with Crippen LogP contribution in [0.3, 0.4) is 0 Å². The molecule has 142 valence electrons. The van der Waals surface area contributed by atoms with Crippen molar-refractivity contribution < 1.29 is 4.79 Å². The van der Waals surface area contributed by atoms with E-state index in [-0.39, 0.29) is 11.3 Å². The lowest BCUT2D eigenvalue weighted by Crippen LogP contribution is -2.49. The molecule has 0 spiro atoms. The van der Waals surface area contributed by atoms with Gasteiger partial charge in [-0.05, 0) is 43.8 Å². The number of rotatable bonds is 5. The molecule has 1 aromatic rings. The Morgan fingerprint density at radius 2 is 1.92 bits per heavy atom. The molecule has 1 atom stereocenters. The third kappa shape index (κ3) is 5.06. The zero-order valence-corrected chi connectivity index (χ0v) is 17.1. The van der Waals surface area contributed by atoms with Crippen LogP contribution in [0.4, 0.5) is 0 Å². The standard InChI is InChI=1S/C20H36N4O/c1-14(2)17(24-10-8-15(3)9-11-24)13-21-19(25)16-12-18(20(4,5)6)22-23(16)7/h12,14-15,17H,8-11,13H2,1-7H3,(H,21,25). The van der Waals surface area contributed by atoms with Crippen LogP contribution < -0.4 is 5.32 Å². The monoisotopic (exact) mass is 348 g/mol. The second-order valence-corrected chi connectivity index (χ2v) is 9.03. The lowest BCUT2D eigenvalue weighted by Gasteiger charge is -2.38. The van der Waals surface area contributed by atoms with Crippen molar-refractivity contribution >= 4 is 5.91 Å². The summed E-state index contributed by atoms with van der Waals surface area (Å²) < 4.78 is 1.70. The van der Waals surface area contributed by atoms with Gasteiger partial charge in [-0.15, -0.1) is 0 Å². The number of aryl methyl sites for hydroxylation is 1. The molecule has 0 bridgehead atoms. The number of carbonyl (C=O) groups excluding carboxylic acids is 1. The van der Waals surface area contributed by atoms with Crippen LogP contribution >= 0.6 is 0 Å². The molecule has 25 heavy (non-hydrogen) atoms. The average molecular weight is 349 g/mol. The minimum Gasteiger partial charge on any atom is -0.349 e. The Kier molecular flexibility index (Phi) is 6.30. The fraction of sp³-hybridized carbons (Fsp3) is 0.800. The molecule has 0 aromatic carbocycles. The Morgan fingerprint density at radius 3 is 2.40 bits per heavy atom. The van der Waals surface area contributed by atoms with Gasteiger partial charge in [0.15, 0.2) is 0 Å². The molecule has 2 heterocycles. The number of hydrogen-bond acceptors (Lipinski definition) is 3. The maximum Gasteiger partial charge on any atom is 0.269 e. The Hall–Kier alpha value is -1.36. The van der Waals surface area contributed by atoms with Gasteiger partial charge in [0.25, 0.3) is 5.91 Å². The summed E-state index contributed by atoms with van der Waals surface area (Å²) in [6, 6.07) is 2.31. The first-order valence-corrected chi connectivity index (χ1v) is 9.66. The minimum atomic E-state index is -0.0543. The predicted octanol–water partition coefficient (Wildman–Crippen LogP) is 3.20. The number of piperidine rings is 1. The SMILES string of the molecule is CC1CCN(C(CNC(=O)c2cc(C(C)(C)C)nn2C)C(C)C)CC1. The normalized spacial score (nSPS) is 18.6. The fourth-order valence-corrected chi connectivity index (χ4v) is 3.48. The molecule has 0 aliphatic carbocycles. The molecule has 1 aliphatic rings. The molecule has 1 aliphatic heterocycles. The number of carbonyl (C=O) groups is 1. The topological polar surface area (TPSA) is 50.2 Å². The Morgan fingerprint density at radius 1 is 1.32 bits per heavy atom. The van der Waals surface area contributed by atoms with E-state index in [9.17, 15) is 4.79 Å². The molecule has 1 amide bonds. The van der Waals surface area contributed by atoms with Crippen molar-refractivity contribution in [1.29, 1.82) is 0 Å². The van der Waals surface area contributed by atoms with E-state index < -0.39 is 0 Å². The average Bonchev–Trinajstić information content (AvgIpc) is 2.91. The summed E-state index contributed by atoms with van der Waals surface area (Å²) in [7, 11) is 1.84. The van der Waals surface area contributed by atoms with Crippen molar-refractivity contribution in [1.82, 2.24) is 20.0 Å². The Balaban J connectivity index is 2.01. The molecule has 5 nitrogen and oxygen atoms in total. The molecular formula is C20H36N4O. The van der Waals surface area contributed by atoms with E-state index in [1.165, 1.54) is 12.8 Å². The van der Waals surface area contributed by atoms with Gasteiger partial charge in [0.1, 0.15) is 5.69 Å². The number of aromatic nitrogens is 2. The largest absolute Gasteiger partial charge is 0.349 e. The van der Waals surface area contributed by atoms with E-state index in [1.54, 1.807) is 4.68 Å². The lowest BCUT2D eigenvalue weighted by atomic mass is 9.92. The van der Waals surface area contributed by atoms with E-state index in [2.05, 4.69) is 56.9 Å². The predicted molar refractivity (Wildman–Crippen MR) is 103 cm³/mol. The zero-order valence-electron chi connectivity index (χ0n) is 17.1. The second-order valence-electron chi connectivity index (χ2n) is 9.03. The van der Waals surface area contributed by atoms with Crippen molar-refractivity contribution in [3.05, 3.63) is 17.5 Å². The van der Waals surface area contributed by atoms with Crippen LogP contribution in [0.15, 0.2) is 6.07 Å². The molecule has 0 radical (unpaired) electrons. The number of nitrogens with zero attached hydrogens (tertiary/aromatic N) is 3. The van der Waals surface area contributed by atoms with Crippen molar-refractivity contribution in [2.75, 3.05) is 19.6 Å². The second kappa shape index (κ2) is 7.90. The van der Waals surface area contributed by atoms with Crippen molar-refractivity contribution in [3.8, 4) is 0 Å². The molecule has 1 fully saturated rings. The molecule has 5 heteroatoms. The number of amides is 1. The summed E-state index contributed by atoms with van der Waals surface area (Å²) >= 11 is 0. The molecule has 0 saturated carbocycles. The third-order valence-corrected chi connectivity index (χ3v) is 5.41. The summed E-state index contributed by atoms with van der Waals surface area (Å²) in [5, 5.41) is 7.66. The van der Waals surface area contributed by atoms with E-state index in [0.29, 0.717) is 24.2 Å². The van der Waals surface area contributed by atoms with Crippen LogP contribution in [-0.4, -0.2) is 46.3 Å². The number of nitrogens with one attached hydrogen (secondary N) is 1. The van der Waals surface area contributed by atoms with Gasteiger partial charge in [-0.1, -0.05) is 41.5 Å². The highest BCUT2D eigenvalue weighted by Gasteiger charge is 2.27. The first-order valence-electron chi connectivity index (χ1n) is 9.66. The quantitative estimate of drug-likeness (QED) is 0.889. The number of likely N-dealkylation sites (tertiary alicyclic amines) is 1. The molecule has 1 N–H and O–H groups in total. The summed E-state index contributed by atoms with van der Waals surface area (Å²) in [6.07, 6.45) is 2.52. The van der Waals surface area contributed by atoms with E-state index >= 15 is 0 Å². The summed E-state index contributed by atoms with van der Waals surface area (Å²) in [5.41, 5.74) is 1.53. The highest BCUT2D eigenvalue weighted by Crippen LogP contribution is 2.22. The van der Waals surface area contributed by atoms with Crippen molar-refractivity contribution in [3.63, 3.8) is 0 Å². The van der Waals surface area contributed by atoms with Crippen LogP contribution in [-0.2, 0) is 12.5 Å². The summed E-state index contributed by atoms with van der Waals surface area (Å²) in [4.78, 5) is 15.2. The molecule has 1 unspecified atom stereocenters. The first kappa shape index (κ1) is 20.0. The summed E-state index contributed by atoms with van der Waals surface area (Å²) in [5.74, 6) is 1.32. The highest BCUT2D eigenvalue weighted by molar-refractivity contribution is 5.92. The van der Waals surface area contributed by atoms with Crippen molar-refractivity contribution in [2.45, 2.75) is 65.8 Å². The molecule has 1 aromatic heterocycles. The van der Waals surface area contributed by atoms with Crippen LogP contribution in [0.1, 0.15) is 70.6 Å². The van der Waals surface area contributed by atoms with E-state index in [1.807, 2.05) is 13.1 Å². The third-order valence-electron chi connectivity index (χ3n) is 5.41. The van der Waals surface area contributed by atoms with Gasteiger partial charge in [-0.3, -0.25) is 14.4 Å². The Labute approximate surface area is 153 Å². The smallest absolute Gasteiger partial charge is 0.269 e. The van der Waals surface area contributed by atoms with Gasteiger partial charge in [0.2, 0.25) is 0 Å². The van der Waals surface area contributed by atoms with E-state index in [0.717, 1.165) is 24.7 Å². The molecular weight excluding hydrogens is 312 g/mol. The van der Waals surface area contributed by atoms with Gasteiger partial charge >= 0.3 is 0 Å². The van der Waals surface area contributed by atoms with Gasteiger partial charge in [0.05, 0.1) is 5.69 Å². The van der Waals surface area contributed by atoms with Crippen LogP contribution in [0.2, 0.25) is 0 Å². The van der Waals surface area contributed by atoms with Crippen LogP contribution in [0, 0.1) is 11.8 Å². The van der Waals surface area contributed by atoms with Gasteiger partial charge < -0.3 is 5.32 Å². The lowest BCUT2D eigenvalue weighted by molar-refractivity contribution is 0.0855. The van der Waals surface area contributed by atoms with Gasteiger partial charge in [-0.25, -0.2) is 0 Å². The maximum atomic E-state index is 12.7. The van der Waals surface area contributed by atoms with Gasteiger partial charge in [0, 0.05) is 25.0 Å². The minimum absolute atomic E-state index is 0.0264. The summed E-state index contributed by atoms with van der Waals surface area (Å²) in [6.45, 7) is 16.1. The maximum absolute atomic E-state index is 12.7. The number of hydrogen-bond donors (Lipinski definition) is 1. The van der Waals surface area contributed by atoms with Gasteiger partial charge in [-0.2, -0.15) is 5.10 Å². The molecule has 1 saturated heterocycles. The highest BCUT2D eigenvalue weighted by atomic mass is 16.2. The zero-order chi connectivity index (χ0) is 18.8. The fourth-order valence-electron chi connectivity index (χ4n) is 3.48. The van der Waals surface area contributed by atoms with E-state index in [4.69, 9.17) is 0 Å². The Bertz CT molecular complexity index is 577. The molecule has 2 rings (SSSR count).